The van der Waals surface area contributed by atoms with Crippen molar-refractivity contribution in [3.8, 4) is 11.5 Å². The minimum Gasteiger partial charge on any atom is -0.496 e. The Morgan fingerprint density at radius 3 is 2.14 bits per heavy atom. The van der Waals surface area contributed by atoms with Crippen molar-refractivity contribution in [1.82, 2.24) is 5.32 Å². The van der Waals surface area contributed by atoms with Crippen LogP contribution in [0.3, 0.4) is 0 Å². The second-order valence-electron chi connectivity index (χ2n) is 4.33. The van der Waals surface area contributed by atoms with Crippen molar-refractivity contribution in [1.29, 1.82) is 0 Å². The zero-order valence-corrected chi connectivity index (χ0v) is 12.1. The van der Waals surface area contributed by atoms with Gasteiger partial charge in [-0.1, -0.05) is 6.92 Å². The standard InChI is InChI=1S/C14H18F3NO3/c1-4-9-7-12(21-3)10(8-11(9)20-2)5-6-18-13(19)14(15,16)17/h7-8H,4-6H2,1-3H3,(H,18,19). The van der Waals surface area contributed by atoms with Crippen LogP contribution in [0, 0.1) is 0 Å². The highest BCUT2D eigenvalue weighted by atomic mass is 19.4. The van der Waals surface area contributed by atoms with Crippen molar-refractivity contribution < 1.29 is 27.4 Å². The number of benzene rings is 1. The molecule has 1 aromatic carbocycles. The summed E-state index contributed by atoms with van der Waals surface area (Å²) in [6.45, 7) is 1.82. The quantitative estimate of drug-likeness (QED) is 0.878. The highest BCUT2D eigenvalue weighted by molar-refractivity contribution is 5.81. The first kappa shape index (κ1) is 17.1. The van der Waals surface area contributed by atoms with Crippen LogP contribution in [0.4, 0.5) is 13.2 Å². The Morgan fingerprint density at radius 2 is 1.67 bits per heavy atom. The van der Waals surface area contributed by atoms with Crippen molar-refractivity contribution in [3.63, 3.8) is 0 Å². The Bertz CT molecular complexity index is 501. The van der Waals surface area contributed by atoms with E-state index in [1.165, 1.54) is 14.2 Å². The van der Waals surface area contributed by atoms with E-state index in [9.17, 15) is 18.0 Å². The highest BCUT2D eigenvalue weighted by Crippen LogP contribution is 2.29. The normalized spacial score (nSPS) is 11.1. The number of amides is 1. The van der Waals surface area contributed by atoms with Gasteiger partial charge in [-0.05, 0) is 36.1 Å². The Kier molecular flexibility index (Phi) is 5.87. The fraction of sp³-hybridized carbons (Fsp3) is 0.500. The number of methoxy groups -OCH3 is 2. The van der Waals surface area contributed by atoms with Crippen LogP contribution in [0.5, 0.6) is 11.5 Å². The molecule has 0 aliphatic carbocycles. The zero-order valence-electron chi connectivity index (χ0n) is 12.1. The maximum absolute atomic E-state index is 12.1. The monoisotopic (exact) mass is 305 g/mol. The van der Waals surface area contributed by atoms with Crippen molar-refractivity contribution in [2.75, 3.05) is 20.8 Å². The summed E-state index contributed by atoms with van der Waals surface area (Å²) in [5.74, 6) is -0.733. The number of nitrogens with one attached hydrogen (secondary N) is 1. The topological polar surface area (TPSA) is 47.6 Å². The van der Waals surface area contributed by atoms with E-state index in [0.717, 1.165) is 12.0 Å². The number of rotatable bonds is 6. The third-order valence-corrected chi connectivity index (χ3v) is 3.00. The number of aryl methyl sites for hydroxylation is 1. The van der Waals surface area contributed by atoms with Crippen molar-refractivity contribution in [2.24, 2.45) is 0 Å². The van der Waals surface area contributed by atoms with E-state index in [4.69, 9.17) is 9.47 Å². The molecule has 0 atom stereocenters. The minimum absolute atomic E-state index is 0.136. The predicted octanol–water partition coefficient (Wildman–Crippen LogP) is 2.49. The molecule has 0 bridgehead atoms. The van der Waals surface area contributed by atoms with Gasteiger partial charge in [0.05, 0.1) is 14.2 Å². The number of ether oxygens (including phenoxy) is 2. The van der Waals surface area contributed by atoms with Crippen LogP contribution in [0.1, 0.15) is 18.1 Å². The van der Waals surface area contributed by atoms with E-state index in [0.29, 0.717) is 17.1 Å². The van der Waals surface area contributed by atoms with E-state index < -0.39 is 12.1 Å². The lowest BCUT2D eigenvalue weighted by atomic mass is 10.0. The molecule has 0 unspecified atom stereocenters. The predicted molar refractivity (Wildman–Crippen MR) is 71.7 cm³/mol. The SMILES string of the molecule is CCc1cc(OC)c(CCNC(=O)C(F)(F)F)cc1OC. The Hall–Kier alpha value is -1.92. The van der Waals surface area contributed by atoms with Gasteiger partial charge in [-0.25, -0.2) is 0 Å². The first-order chi connectivity index (χ1) is 9.83. The van der Waals surface area contributed by atoms with E-state index >= 15 is 0 Å². The van der Waals surface area contributed by atoms with Crippen LogP contribution >= 0.6 is 0 Å². The molecular weight excluding hydrogens is 287 g/mol. The zero-order chi connectivity index (χ0) is 16.0. The molecule has 0 fully saturated rings. The summed E-state index contributed by atoms with van der Waals surface area (Å²) in [5, 5.41) is 1.83. The molecule has 0 saturated carbocycles. The summed E-state index contributed by atoms with van der Waals surface area (Å²) in [6, 6.07) is 3.51. The van der Waals surface area contributed by atoms with Crippen LogP contribution in [-0.2, 0) is 17.6 Å². The second kappa shape index (κ2) is 7.19. The van der Waals surface area contributed by atoms with Crippen molar-refractivity contribution in [2.45, 2.75) is 25.9 Å². The fourth-order valence-corrected chi connectivity index (χ4v) is 1.91. The Labute approximate surface area is 121 Å². The lowest BCUT2D eigenvalue weighted by molar-refractivity contribution is -0.173. The van der Waals surface area contributed by atoms with Gasteiger partial charge in [0.1, 0.15) is 11.5 Å². The third kappa shape index (κ3) is 4.54. The van der Waals surface area contributed by atoms with Gasteiger partial charge in [0.15, 0.2) is 0 Å². The summed E-state index contributed by atoms with van der Waals surface area (Å²) in [5.41, 5.74) is 1.62. The molecule has 21 heavy (non-hydrogen) atoms. The van der Waals surface area contributed by atoms with Crippen LogP contribution in [0.25, 0.3) is 0 Å². The summed E-state index contributed by atoms with van der Waals surface area (Å²) in [6.07, 6.45) is -3.91. The molecule has 1 aromatic rings. The van der Waals surface area contributed by atoms with Gasteiger partial charge in [0.2, 0.25) is 0 Å². The summed E-state index contributed by atoms with van der Waals surface area (Å²) >= 11 is 0. The largest absolute Gasteiger partial charge is 0.496 e. The molecule has 0 aliphatic heterocycles. The maximum atomic E-state index is 12.1. The molecule has 0 radical (unpaired) electrons. The number of alkyl halides is 3. The maximum Gasteiger partial charge on any atom is 0.471 e. The molecular formula is C14H18F3NO3. The molecule has 7 heteroatoms. The molecule has 118 valence electrons. The molecule has 0 aromatic heterocycles. The number of hydrogen-bond acceptors (Lipinski definition) is 3. The van der Waals surface area contributed by atoms with Crippen LogP contribution in [0.2, 0.25) is 0 Å². The van der Waals surface area contributed by atoms with E-state index in [1.54, 1.807) is 12.1 Å². The van der Waals surface area contributed by atoms with Gasteiger partial charge in [-0.15, -0.1) is 0 Å². The molecule has 0 aliphatic rings. The second-order valence-corrected chi connectivity index (χ2v) is 4.33. The minimum atomic E-state index is -4.87. The average Bonchev–Trinajstić information content (AvgIpc) is 2.45. The molecule has 1 N–H and O–H groups in total. The van der Waals surface area contributed by atoms with Crippen LogP contribution in [0.15, 0.2) is 12.1 Å². The third-order valence-electron chi connectivity index (χ3n) is 3.00. The van der Waals surface area contributed by atoms with E-state index in [2.05, 4.69) is 0 Å². The molecule has 4 nitrogen and oxygen atoms in total. The first-order valence-corrected chi connectivity index (χ1v) is 6.42. The van der Waals surface area contributed by atoms with Crippen molar-refractivity contribution in [3.05, 3.63) is 23.3 Å². The highest BCUT2D eigenvalue weighted by Gasteiger charge is 2.38. The number of halogens is 3. The first-order valence-electron chi connectivity index (χ1n) is 6.42. The molecule has 1 rings (SSSR count). The number of carbonyl (C=O) groups is 1. The Morgan fingerprint density at radius 1 is 1.14 bits per heavy atom. The van der Waals surface area contributed by atoms with Gasteiger partial charge < -0.3 is 14.8 Å². The fourth-order valence-electron chi connectivity index (χ4n) is 1.91. The van der Waals surface area contributed by atoms with Gasteiger partial charge in [-0.3, -0.25) is 4.79 Å². The Balaban J connectivity index is 2.81. The smallest absolute Gasteiger partial charge is 0.471 e. The number of carbonyl (C=O) groups excluding carboxylic acids is 1. The molecule has 0 heterocycles. The van der Waals surface area contributed by atoms with Gasteiger partial charge in [-0.2, -0.15) is 13.2 Å². The van der Waals surface area contributed by atoms with Crippen LogP contribution < -0.4 is 14.8 Å². The number of hydrogen-bond donors (Lipinski definition) is 1. The lowest BCUT2D eigenvalue weighted by Gasteiger charge is -2.14. The van der Waals surface area contributed by atoms with E-state index in [1.807, 2.05) is 12.2 Å². The van der Waals surface area contributed by atoms with Gasteiger partial charge in [0, 0.05) is 6.54 Å². The lowest BCUT2D eigenvalue weighted by Crippen LogP contribution is -2.37. The summed E-state index contributed by atoms with van der Waals surface area (Å²) < 4.78 is 46.7. The van der Waals surface area contributed by atoms with Crippen LogP contribution in [-0.4, -0.2) is 32.8 Å². The molecule has 0 saturated heterocycles. The average molecular weight is 305 g/mol. The molecule has 0 spiro atoms. The van der Waals surface area contributed by atoms with E-state index in [-0.39, 0.29) is 13.0 Å². The van der Waals surface area contributed by atoms with Crippen molar-refractivity contribution >= 4 is 5.91 Å². The summed E-state index contributed by atoms with van der Waals surface area (Å²) in [7, 11) is 3.01. The molecule has 1 amide bonds. The van der Waals surface area contributed by atoms with Gasteiger partial charge in [0.25, 0.3) is 0 Å². The summed E-state index contributed by atoms with van der Waals surface area (Å²) in [4.78, 5) is 10.7. The van der Waals surface area contributed by atoms with Gasteiger partial charge >= 0.3 is 12.1 Å².